The lowest BCUT2D eigenvalue weighted by Gasteiger charge is -1.85. The van der Waals surface area contributed by atoms with E-state index >= 15 is 0 Å². The third-order valence-electron chi connectivity index (χ3n) is 0.932. The second-order valence-corrected chi connectivity index (χ2v) is 1.59. The molecule has 0 aliphatic carbocycles. The molecule has 0 fully saturated rings. The average Bonchev–Trinajstić information content (AvgIpc) is 2.18. The molecule has 0 aromatic heterocycles. The molecular formula is C6H5N2O. The molecule has 1 aliphatic rings. The zero-order chi connectivity index (χ0) is 6.69. The van der Waals surface area contributed by atoms with Crippen LogP contribution >= 0.6 is 0 Å². The Hall–Kier alpha value is -1.25. The fraction of sp³-hybridized carbons (Fsp3) is 0.167. The van der Waals surface area contributed by atoms with Crippen LogP contribution in [0.4, 0.5) is 0 Å². The maximum atomic E-state index is 10.6. The summed E-state index contributed by atoms with van der Waals surface area (Å²) in [6.07, 6.45) is 4.59. The number of amides is 1. The van der Waals surface area contributed by atoms with E-state index < -0.39 is 0 Å². The van der Waals surface area contributed by atoms with Gasteiger partial charge in [-0.1, -0.05) is 6.08 Å². The van der Waals surface area contributed by atoms with E-state index in [9.17, 15) is 4.79 Å². The van der Waals surface area contributed by atoms with Gasteiger partial charge in [-0.25, -0.2) is 0 Å². The first-order valence-corrected chi connectivity index (χ1v) is 2.52. The minimum absolute atomic E-state index is 0.296. The Morgan fingerprint density at radius 3 is 3.00 bits per heavy atom. The molecule has 0 N–H and O–H groups in total. The first kappa shape index (κ1) is 5.88. The van der Waals surface area contributed by atoms with Gasteiger partial charge in [-0.05, 0) is 6.42 Å². The molecule has 0 saturated carbocycles. The van der Waals surface area contributed by atoms with Crippen molar-refractivity contribution in [1.29, 1.82) is 0 Å². The topological polar surface area (TPSA) is 41.8 Å². The maximum Gasteiger partial charge on any atom is 0.294 e. The van der Waals surface area contributed by atoms with Crippen LogP contribution in [0.15, 0.2) is 28.5 Å². The van der Waals surface area contributed by atoms with Crippen molar-refractivity contribution in [2.24, 2.45) is 10.2 Å². The highest BCUT2D eigenvalue weighted by atomic mass is 16.2. The second kappa shape index (κ2) is 2.35. The largest absolute Gasteiger partial charge is 0.294 e. The molecule has 0 aromatic rings. The van der Waals surface area contributed by atoms with Gasteiger partial charge in [0.1, 0.15) is 6.20 Å². The molecule has 1 amide bonds. The monoisotopic (exact) mass is 121 g/mol. The Bertz CT molecular complexity index is 203. The smallest absolute Gasteiger partial charge is 0.265 e. The fourth-order valence-corrected chi connectivity index (χ4v) is 0.516. The first-order chi connectivity index (χ1) is 4.34. The van der Waals surface area contributed by atoms with Crippen molar-refractivity contribution >= 4 is 5.91 Å². The van der Waals surface area contributed by atoms with Gasteiger partial charge in [-0.15, -0.1) is 16.8 Å². The van der Waals surface area contributed by atoms with Gasteiger partial charge in [-0.2, -0.15) is 0 Å². The molecular weight excluding hydrogens is 116 g/mol. The molecule has 9 heavy (non-hydrogen) atoms. The van der Waals surface area contributed by atoms with Crippen molar-refractivity contribution in [3.05, 3.63) is 24.4 Å². The summed E-state index contributed by atoms with van der Waals surface area (Å²) < 4.78 is 0. The normalized spacial score (nSPS) is 16.0. The van der Waals surface area contributed by atoms with Crippen LogP contribution < -0.4 is 0 Å². The molecule has 0 aromatic carbocycles. The van der Waals surface area contributed by atoms with Crippen LogP contribution in [-0.2, 0) is 4.79 Å². The lowest BCUT2D eigenvalue weighted by atomic mass is 10.2. The van der Waals surface area contributed by atoms with Gasteiger partial charge in [0.25, 0.3) is 5.91 Å². The Labute approximate surface area is 52.8 Å². The van der Waals surface area contributed by atoms with Crippen LogP contribution in [0, 0.1) is 6.20 Å². The van der Waals surface area contributed by atoms with Gasteiger partial charge in [0.2, 0.25) is 0 Å². The van der Waals surface area contributed by atoms with E-state index in [1.165, 1.54) is 0 Å². The van der Waals surface area contributed by atoms with Crippen molar-refractivity contribution in [1.82, 2.24) is 0 Å². The van der Waals surface area contributed by atoms with Crippen LogP contribution in [0.2, 0.25) is 0 Å². The number of azo groups is 1. The first-order valence-electron chi connectivity index (χ1n) is 2.52. The Kier molecular flexibility index (Phi) is 1.53. The third kappa shape index (κ3) is 1.10. The molecule has 1 rings (SSSR count). The van der Waals surface area contributed by atoms with Gasteiger partial charge in [0.15, 0.2) is 0 Å². The molecule has 1 heterocycles. The van der Waals surface area contributed by atoms with Crippen LogP contribution in [0.25, 0.3) is 0 Å². The molecule has 45 valence electrons. The molecule has 0 saturated heterocycles. The molecule has 0 atom stereocenters. The molecule has 1 radical (unpaired) electrons. The predicted molar refractivity (Wildman–Crippen MR) is 31.4 cm³/mol. The minimum atomic E-state index is -0.296. The summed E-state index contributed by atoms with van der Waals surface area (Å²) in [5.41, 5.74) is 0.491. The second-order valence-electron chi connectivity index (χ2n) is 1.59. The zero-order valence-corrected chi connectivity index (χ0v) is 4.79. The SMILES string of the molecule is C=CCC1=[C]N=NC1=O. The number of rotatable bonds is 2. The lowest BCUT2D eigenvalue weighted by Crippen LogP contribution is -1.91. The highest BCUT2D eigenvalue weighted by Crippen LogP contribution is 2.09. The summed E-state index contributed by atoms with van der Waals surface area (Å²) in [5, 5.41) is 6.53. The van der Waals surface area contributed by atoms with E-state index in [0.717, 1.165) is 0 Å². The van der Waals surface area contributed by atoms with Crippen LogP contribution in [0.3, 0.4) is 0 Å². The highest BCUT2D eigenvalue weighted by molar-refractivity contribution is 5.94. The molecule has 3 nitrogen and oxygen atoms in total. The van der Waals surface area contributed by atoms with Gasteiger partial charge >= 0.3 is 0 Å². The van der Waals surface area contributed by atoms with Crippen molar-refractivity contribution in [3.8, 4) is 0 Å². The van der Waals surface area contributed by atoms with E-state index in [0.29, 0.717) is 12.0 Å². The van der Waals surface area contributed by atoms with Gasteiger partial charge in [0, 0.05) is 0 Å². The van der Waals surface area contributed by atoms with E-state index in [4.69, 9.17) is 0 Å². The van der Waals surface area contributed by atoms with E-state index in [2.05, 4.69) is 23.0 Å². The van der Waals surface area contributed by atoms with Crippen molar-refractivity contribution in [2.45, 2.75) is 6.42 Å². The van der Waals surface area contributed by atoms with E-state index in [1.807, 2.05) is 0 Å². The standard InChI is InChI=1S/C6H5N2O/c1-2-3-5-4-7-8-6(5)9/h2H,1,3H2. The summed E-state index contributed by atoms with van der Waals surface area (Å²) in [5.74, 6) is -0.296. The Balaban J connectivity index is 2.64. The highest BCUT2D eigenvalue weighted by Gasteiger charge is 2.10. The average molecular weight is 121 g/mol. The van der Waals surface area contributed by atoms with E-state index in [-0.39, 0.29) is 5.91 Å². The van der Waals surface area contributed by atoms with Crippen molar-refractivity contribution in [3.63, 3.8) is 0 Å². The molecule has 1 aliphatic heterocycles. The van der Waals surface area contributed by atoms with E-state index in [1.54, 1.807) is 6.08 Å². The quantitative estimate of drug-likeness (QED) is 0.507. The summed E-state index contributed by atoms with van der Waals surface area (Å²) in [7, 11) is 0. The molecule has 3 heteroatoms. The maximum absolute atomic E-state index is 10.6. The number of nitrogens with zero attached hydrogens (tertiary/aromatic N) is 2. The minimum Gasteiger partial charge on any atom is -0.265 e. The summed E-state index contributed by atoms with van der Waals surface area (Å²) in [6, 6.07) is 0. The lowest BCUT2D eigenvalue weighted by molar-refractivity contribution is -0.114. The van der Waals surface area contributed by atoms with Crippen LogP contribution in [0.1, 0.15) is 6.42 Å². The number of hydrogen-bond donors (Lipinski definition) is 0. The molecule has 0 unspecified atom stereocenters. The number of hydrogen-bond acceptors (Lipinski definition) is 2. The van der Waals surface area contributed by atoms with Gasteiger partial charge < -0.3 is 0 Å². The summed E-state index contributed by atoms with van der Waals surface area (Å²) in [4.78, 5) is 10.6. The number of carbonyl (C=O) groups excluding carboxylic acids is 1. The zero-order valence-electron chi connectivity index (χ0n) is 4.79. The van der Waals surface area contributed by atoms with Gasteiger partial charge in [-0.3, -0.25) is 4.79 Å². The predicted octanol–water partition coefficient (Wildman–Crippen LogP) is 1.24. The van der Waals surface area contributed by atoms with Crippen LogP contribution in [0.5, 0.6) is 0 Å². The Morgan fingerprint density at radius 2 is 2.56 bits per heavy atom. The fourth-order valence-electron chi connectivity index (χ4n) is 0.516. The van der Waals surface area contributed by atoms with Crippen molar-refractivity contribution < 1.29 is 4.79 Å². The van der Waals surface area contributed by atoms with Gasteiger partial charge in [0.05, 0.1) is 5.57 Å². The van der Waals surface area contributed by atoms with Crippen molar-refractivity contribution in [2.75, 3.05) is 0 Å². The Morgan fingerprint density at radius 1 is 1.78 bits per heavy atom. The number of allylic oxidation sites excluding steroid dienone is 1. The molecule has 0 bridgehead atoms. The third-order valence-corrected chi connectivity index (χ3v) is 0.932. The molecule has 0 spiro atoms. The number of carbonyl (C=O) groups is 1. The summed E-state index contributed by atoms with van der Waals surface area (Å²) >= 11 is 0. The summed E-state index contributed by atoms with van der Waals surface area (Å²) in [6.45, 7) is 3.46. The van der Waals surface area contributed by atoms with Crippen LogP contribution in [-0.4, -0.2) is 5.91 Å².